The van der Waals surface area contributed by atoms with Crippen LogP contribution in [0.15, 0.2) is 0 Å². The smallest absolute Gasteiger partial charge is 0.224 e. The summed E-state index contributed by atoms with van der Waals surface area (Å²) in [4.78, 5) is 10.7. The zero-order valence-corrected chi connectivity index (χ0v) is 10.7. The minimum Gasteiger partial charge on any atom is -0.394 e. The predicted octanol–water partition coefficient (Wildman–Crippen LogP) is 2.26. The van der Waals surface area contributed by atoms with Gasteiger partial charge in [0.1, 0.15) is 0 Å². The van der Waals surface area contributed by atoms with Crippen molar-refractivity contribution in [2.75, 3.05) is 23.7 Å². The molecule has 0 bridgehead atoms. The summed E-state index contributed by atoms with van der Waals surface area (Å²) in [7, 11) is 0. The van der Waals surface area contributed by atoms with Gasteiger partial charge < -0.3 is 10.6 Å². The van der Waals surface area contributed by atoms with Crippen molar-refractivity contribution in [1.82, 2.24) is 9.97 Å². The first-order valence-electron chi connectivity index (χ1n) is 6.19. The van der Waals surface area contributed by atoms with Crippen molar-refractivity contribution in [3.63, 3.8) is 0 Å². The molecular weight excluding hydrogens is 236 g/mol. The van der Waals surface area contributed by atoms with Crippen LogP contribution in [0.5, 0.6) is 0 Å². The Morgan fingerprint density at radius 1 is 1.24 bits per heavy atom. The molecule has 17 heavy (non-hydrogen) atoms. The highest BCUT2D eigenvalue weighted by molar-refractivity contribution is 6.28. The number of anilines is 2. The van der Waals surface area contributed by atoms with Crippen molar-refractivity contribution >= 4 is 23.1 Å². The third kappa shape index (κ3) is 1.84. The van der Waals surface area contributed by atoms with Gasteiger partial charge in [0, 0.05) is 13.1 Å². The van der Waals surface area contributed by atoms with Crippen molar-refractivity contribution in [2.24, 2.45) is 11.8 Å². The third-order valence-corrected chi connectivity index (χ3v) is 4.28. The molecule has 2 atom stereocenters. The van der Waals surface area contributed by atoms with Gasteiger partial charge in [0.25, 0.3) is 0 Å². The second kappa shape index (κ2) is 4.02. The number of halogens is 1. The summed E-state index contributed by atoms with van der Waals surface area (Å²) in [5.41, 5.74) is 7.51. The molecular formula is C12H17ClN4. The molecule has 3 rings (SSSR count). The van der Waals surface area contributed by atoms with Gasteiger partial charge in [-0.15, -0.1) is 0 Å². The standard InChI is InChI=1S/C12H17ClN4/c1-7-10(14)11(16-12(13)15-7)17-5-8-3-2-4-9(8)6-17/h8-9H,2-6,14H2,1H3. The van der Waals surface area contributed by atoms with Gasteiger partial charge in [-0.3, -0.25) is 0 Å². The molecule has 1 aromatic heterocycles. The van der Waals surface area contributed by atoms with Gasteiger partial charge in [0.2, 0.25) is 5.28 Å². The third-order valence-electron chi connectivity index (χ3n) is 4.11. The molecule has 1 saturated carbocycles. The Morgan fingerprint density at radius 2 is 1.88 bits per heavy atom. The minimum atomic E-state index is 0.295. The van der Waals surface area contributed by atoms with Crippen molar-refractivity contribution < 1.29 is 0 Å². The van der Waals surface area contributed by atoms with E-state index in [1.54, 1.807) is 0 Å². The summed E-state index contributed by atoms with van der Waals surface area (Å²) in [6.45, 7) is 4.02. The summed E-state index contributed by atoms with van der Waals surface area (Å²) < 4.78 is 0. The molecule has 2 N–H and O–H groups in total. The second-order valence-electron chi connectivity index (χ2n) is 5.17. The molecule has 0 radical (unpaired) electrons. The maximum atomic E-state index is 6.06. The van der Waals surface area contributed by atoms with Crippen molar-refractivity contribution in [1.29, 1.82) is 0 Å². The first kappa shape index (κ1) is 11.1. The van der Waals surface area contributed by atoms with Crippen LogP contribution >= 0.6 is 11.6 Å². The van der Waals surface area contributed by atoms with Gasteiger partial charge in [-0.25, -0.2) is 4.98 Å². The maximum absolute atomic E-state index is 6.06. The number of hydrogen-bond acceptors (Lipinski definition) is 4. The van der Waals surface area contributed by atoms with Crippen molar-refractivity contribution in [3.05, 3.63) is 11.0 Å². The SMILES string of the molecule is Cc1nc(Cl)nc(N2CC3CCCC3C2)c1N. The van der Waals surface area contributed by atoms with Crippen molar-refractivity contribution in [2.45, 2.75) is 26.2 Å². The highest BCUT2D eigenvalue weighted by atomic mass is 35.5. The Hall–Kier alpha value is -1.03. The van der Waals surface area contributed by atoms with E-state index in [1.165, 1.54) is 19.3 Å². The number of rotatable bonds is 1. The molecule has 2 aliphatic rings. The molecule has 92 valence electrons. The van der Waals surface area contributed by atoms with Crippen molar-refractivity contribution in [3.8, 4) is 0 Å². The lowest BCUT2D eigenvalue weighted by atomic mass is 10.0. The van der Waals surface area contributed by atoms with Gasteiger partial charge in [0.05, 0.1) is 11.4 Å². The topological polar surface area (TPSA) is 55.0 Å². The number of nitrogen functional groups attached to an aromatic ring is 1. The van der Waals surface area contributed by atoms with Crippen LogP contribution in [0.3, 0.4) is 0 Å². The zero-order chi connectivity index (χ0) is 12.0. The van der Waals surface area contributed by atoms with Crippen LogP contribution in [0.2, 0.25) is 5.28 Å². The highest BCUT2D eigenvalue weighted by Crippen LogP contribution is 2.40. The number of aromatic nitrogens is 2. The number of aryl methyl sites for hydroxylation is 1. The monoisotopic (exact) mass is 252 g/mol. The quantitative estimate of drug-likeness (QED) is 0.779. The van der Waals surface area contributed by atoms with E-state index in [-0.39, 0.29) is 0 Å². The highest BCUT2D eigenvalue weighted by Gasteiger charge is 2.37. The van der Waals surface area contributed by atoms with E-state index in [4.69, 9.17) is 17.3 Å². The average molecular weight is 253 g/mol. The van der Waals surface area contributed by atoms with Gasteiger partial charge in [-0.05, 0) is 43.2 Å². The van der Waals surface area contributed by atoms with E-state index in [0.717, 1.165) is 36.4 Å². The molecule has 0 spiro atoms. The molecule has 2 unspecified atom stereocenters. The number of hydrogen-bond donors (Lipinski definition) is 1. The van der Waals surface area contributed by atoms with E-state index in [1.807, 2.05) is 6.92 Å². The van der Waals surface area contributed by atoms with E-state index in [2.05, 4.69) is 14.9 Å². The molecule has 0 aromatic carbocycles. The summed E-state index contributed by atoms with van der Waals surface area (Å²) in [6, 6.07) is 0. The van der Waals surface area contributed by atoms with Crippen LogP contribution < -0.4 is 10.6 Å². The molecule has 1 saturated heterocycles. The molecule has 2 heterocycles. The number of nitrogens with zero attached hydrogens (tertiary/aromatic N) is 3. The Morgan fingerprint density at radius 3 is 2.53 bits per heavy atom. The van der Waals surface area contributed by atoms with Gasteiger partial charge in [0.15, 0.2) is 5.82 Å². The molecule has 1 aliphatic heterocycles. The van der Waals surface area contributed by atoms with Crippen LogP contribution in [0.1, 0.15) is 25.0 Å². The van der Waals surface area contributed by atoms with Gasteiger partial charge in [-0.1, -0.05) is 6.42 Å². The van der Waals surface area contributed by atoms with E-state index in [0.29, 0.717) is 11.0 Å². The predicted molar refractivity (Wildman–Crippen MR) is 69.2 cm³/mol. The summed E-state index contributed by atoms with van der Waals surface area (Å²) in [6.07, 6.45) is 4.07. The molecule has 1 aromatic rings. The first-order chi connectivity index (χ1) is 8.15. The van der Waals surface area contributed by atoms with Crippen LogP contribution in [0, 0.1) is 18.8 Å². The average Bonchev–Trinajstić information content (AvgIpc) is 2.83. The fraction of sp³-hybridized carbons (Fsp3) is 0.667. The Bertz CT molecular complexity index is 436. The van der Waals surface area contributed by atoms with E-state index >= 15 is 0 Å². The summed E-state index contributed by atoms with van der Waals surface area (Å²) >= 11 is 5.92. The molecule has 5 heteroatoms. The lowest BCUT2D eigenvalue weighted by molar-refractivity contribution is 0.494. The fourth-order valence-corrected chi connectivity index (χ4v) is 3.39. The molecule has 4 nitrogen and oxygen atoms in total. The number of nitrogens with two attached hydrogens (primary N) is 1. The molecule has 2 fully saturated rings. The zero-order valence-electron chi connectivity index (χ0n) is 9.99. The Kier molecular flexibility index (Phi) is 2.62. The normalized spacial score (nSPS) is 27.5. The second-order valence-corrected chi connectivity index (χ2v) is 5.51. The Labute approximate surface area is 106 Å². The lowest BCUT2D eigenvalue weighted by Gasteiger charge is -2.20. The first-order valence-corrected chi connectivity index (χ1v) is 6.57. The van der Waals surface area contributed by atoms with Crippen LogP contribution in [-0.2, 0) is 0 Å². The Balaban J connectivity index is 1.90. The number of fused-ring (bicyclic) bond motifs is 1. The molecule has 1 aliphatic carbocycles. The van der Waals surface area contributed by atoms with Crippen LogP contribution in [0.25, 0.3) is 0 Å². The van der Waals surface area contributed by atoms with E-state index in [9.17, 15) is 0 Å². The van der Waals surface area contributed by atoms with Crippen LogP contribution in [0.4, 0.5) is 11.5 Å². The van der Waals surface area contributed by atoms with E-state index < -0.39 is 0 Å². The van der Waals surface area contributed by atoms with Crippen LogP contribution in [-0.4, -0.2) is 23.1 Å². The molecule has 0 amide bonds. The maximum Gasteiger partial charge on any atom is 0.224 e. The lowest BCUT2D eigenvalue weighted by Crippen LogP contribution is -2.23. The van der Waals surface area contributed by atoms with Gasteiger partial charge >= 0.3 is 0 Å². The summed E-state index contributed by atoms with van der Waals surface area (Å²) in [5.74, 6) is 2.48. The summed E-state index contributed by atoms with van der Waals surface area (Å²) in [5, 5.41) is 0.295. The largest absolute Gasteiger partial charge is 0.394 e. The van der Waals surface area contributed by atoms with Gasteiger partial charge in [-0.2, -0.15) is 4.98 Å². The fourth-order valence-electron chi connectivity index (χ4n) is 3.18. The minimum absolute atomic E-state index is 0.295.